The van der Waals surface area contributed by atoms with Crippen LogP contribution in [0.3, 0.4) is 0 Å². The summed E-state index contributed by atoms with van der Waals surface area (Å²) in [6.07, 6.45) is 0. The maximum Gasteiger partial charge on any atom is 0.0143 e. The highest BCUT2D eigenvalue weighted by atomic mass is 14.9. The van der Waals surface area contributed by atoms with Gasteiger partial charge in [-0.15, -0.1) is 0 Å². The Hall–Kier alpha value is -0.720. The lowest BCUT2D eigenvalue weighted by Gasteiger charge is -1.96. The molecule has 1 rings (SSSR count). The van der Waals surface area contributed by atoms with Gasteiger partial charge in [-0.3, -0.25) is 0 Å². The molecule has 10 heavy (non-hydrogen) atoms. The van der Waals surface area contributed by atoms with Gasteiger partial charge in [0.05, 0.1) is 0 Å². The van der Waals surface area contributed by atoms with E-state index in [4.69, 9.17) is 0 Å². The van der Waals surface area contributed by atoms with Crippen molar-refractivity contribution in [1.82, 2.24) is 4.57 Å². The summed E-state index contributed by atoms with van der Waals surface area (Å²) in [5, 5.41) is 0. The second-order valence-corrected chi connectivity index (χ2v) is 2.18. The minimum absolute atomic E-state index is 1.32. The van der Waals surface area contributed by atoms with Crippen molar-refractivity contribution in [1.29, 1.82) is 0 Å². The summed E-state index contributed by atoms with van der Waals surface area (Å²) in [7, 11) is 2.07. The molecule has 0 saturated carbocycles. The molecule has 1 heterocycles. The number of hydrogen-bond acceptors (Lipinski definition) is 0. The maximum absolute atomic E-state index is 2.17. The van der Waals surface area contributed by atoms with Crippen LogP contribution >= 0.6 is 0 Å². The third kappa shape index (κ3) is 1.90. The predicted molar refractivity (Wildman–Crippen MR) is 46.2 cm³/mol. The summed E-state index contributed by atoms with van der Waals surface area (Å²) >= 11 is 0. The van der Waals surface area contributed by atoms with Gasteiger partial charge in [0, 0.05) is 18.4 Å². The van der Waals surface area contributed by atoms with Crippen LogP contribution in [-0.2, 0) is 7.05 Å². The lowest BCUT2D eigenvalue weighted by molar-refractivity contribution is 0.844. The van der Waals surface area contributed by atoms with Crippen molar-refractivity contribution in [2.24, 2.45) is 7.05 Å². The van der Waals surface area contributed by atoms with Crippen molar-refractivity contribution in [3.05, 3.63) is 23.5 Å². The monoisotopic (exact) mass is 139 g/mol. The van der Waals surface area contributed by atoms with Gasteiger partial charge in [0.25, 0.3) is 0 Å². The van der Waals surface area contributed by atoms with Crippen molar-refractivity contribution in [3.63, 3.8) is 0 Å². The Kier molecular flexibility index (Phi) is 3.85. The zero-order valence-electron chi connectivity index (χ0n) is 7.60. The van der Waals surface area contributed by atoms with Crippen molar-refractivity contribution in [2.75, 3.05) is 0 Å². The fraction of sp³-hybridized carbons (Fsp3) is 0.556. The van der Waals surface area contributed by atoms with E-state index in [0.717, 1.165) is 0 Å². The van der Waals surface area contributed by atoms with E-state index in [9.17, 15) is 0 Å². The number of nitrogens with zero attached hydrogens (tertiary/aromatic N) is 1. The van der Waals surface area contributed by atoms with Crippen molar-refractivity contribution < 1.29 is 0 Å². The van der Waals surface area contributed by atoms with Gasteiger partial charge in [-0.1, -0.05) is 13.8 Å². The molecule has 0 spiro atoms. The summed E-state index contributed by atoms with van der Waals surface area (Å²) in [4.78, 5) is 0. The highest BCUT2D eigenvalue weighted by Crippen LogP contribution is 2.02. The maximum atomic E-state index is 2.17. The first-order chi connectivity index (χ1) is 4.72. The molecule has 0 fully saturated rings. The van der Waals surface area contributed by atoms with E-state index in [1.54, 1.807) is 0 Å². The summed E-state index contributed by atoms with van der Waals surface area (Å²) < 4.78 is 2.17. The Balaban J connectivity index is 0.000000371. The van der Waals surface area contributed by atoms with E-state index in [1.807, 2.05) is 13.8 Å². The molecule has 0 unspecified atom stereocenters. The highest BCUT2D eigenvalue weighted by molar-refractivity contribution is 5.12. The van der Waals surface area contributed by atoms with Crippen LogP contribution < -0.4 is 0 Å². The second kappa shape index (κ2) is 4.15. The molecular formula is C9H17N. The topological polar surface area (TPSA) is 4.93 Å². The quantitative estimate of drug-likeness (QED) is 0.520. The Morgan fingerprint density at radius 1 is 1.00 bits per heavy atom. The lowest BCUT2D eigenvalue weighted by Crippen LogP contribution is -1.91. The molecule has 0 radical (unpaired) electrons. The summed E-state index contributed by atoms with van der Waals surface area (Å²) in [5.74, 6) is 0. The molecule has 0 saturated heterocycles. The minimum Gasteiger partial charge on any atom is -0.352 e. The summed E-state index contributed by atoms with van der Waals surface area (Å²) in [5.41, 5.74) is 2.64. The first-order valence-electron chi connectivity index (χ1n) is 3.81. The lowest BCUT2D eigenvalue weighted by atomic mass is 10.5. The Labute approximate surface area is 63.7 Å². The minimum atomic E-state index is 1.32. The van der Waals surface area contributed by atoms with Crippen LogP contribution in [0.25, 0.3) is 0 Å². The zero-order chi connectivity index (χ0) is 8.15. The largest absolute Gasteiger partial charge is 0.352 e. The molecule has 1 nitrogen and oxygen atoms in total. The van der Waals surface area contributed by atoms with E-state index in [0.29, 0.717) is 0 Å². The van der Waals surface area contributed by atoms with Gasteiger partial charge < -0.3 is 4.57 Å². The standard InChI is InChI=1S/C7H11N.C2H6/c1-6-4-5-7(2)8(6)3;1-2/h4-5H,1-3H3;1-2H3. The smallest absolute Gasteiger partial charge is 0.0143 e. The highest BCUT2D eigenvalue weighted by Gasteiger charge is 1.90. The number of rotatable bonds is 0. The van der Waals surface area contributed by atoms with Crippen molar-refractivity contribution >= 4 is 0 Å². The average Bonchev–Trinajstić information content (AvgIpc) is 2.25. The number of hydrogen-bond donors (Lipinski definition) is 0. The molecule has 0 bridgehead atoms. The molecule has 0 atom stereocenters. The van der Waals surface area contributed by atoms with Gasteiger partial charge in [-0.2, -0.15) is 0 Å². The molecular weight excluding hydrogens is 122 g/mol. The van der Waals surface area contributed by atoms with E-state index in [1.165, 1.54) is 11.4 Å². The number of aromatic nitrogens is 1. The van der Waals surface area contributed by atoms with E-state index in [2.05, 4.69) is 37.6 Å². The molecule has 0 amide bonds. The first kappa shape index (κ1) is 9.28. The van der Waals surface area contributed by atoms with Gasteiger partial charge in [0.2, 0.25) is 0 Å². The third-order valence-electron chi connectivity index (χ3n) is 1.62. The van der Waals surface area contributed by atoms with Crippen LogP contribution in [0.15, 0.2) is 12.1 Å². The Morgan fingerprint density at radius 2 is 1.30 bits per heavy atom. The van der Waals surface area contributed by atoms with E-state index >= 15 is 0 Å². The van der Waals surface area contributed by atoms with E-state index < -0.39 is 0 Å². The van der Waals surface area contributed by atoms with Crippen molar-refractivity contribution in [3.8, 4) is 0 Å². The molecule has 0 aliphatic heterocycles. The van der Waals surface area contributed by atoms with Gasteiger partial charge in [-0.05, 0) is 26.0 Å². The van der Waals surface area contributed by atoms with Gasteiger partial charge in [0.15, 0.2) is 0 Å². The SMILES string of the molecule is CC.Cc1ccc(C)n1C. The Bertz CT molecular complexity index is 167. The van der Waals surface area contributed by atoms with Crippen LogP contribution in [0, 0.1) is 13.8 Å². The molecule has 58 valence electrons. The number of aryl methyl sites for hydroxylation is 2. The molecule has 1 heteroatoms. The van der Waals surface area contributed by atoms with Gasteiger partial charge >= 0.3 is 0 Å². The summed E-state index contributed by atoms with van der Waals surface area (Å²) in [6.45, 7) is 8.21. The molecule has 1 aromatic heterocycles. The third-order valence-corrected chi connectivity index (χ3v) is 1.62. The second-order valence-electron chi connectivity index (χ2n) is 2.18. The molecule has 0 aliphatic carbocycles. The fourth-order valence-electron chi connectivity index (χ4n) is 0.743. The average molecular weight is 139 g/mol. The first-order valence-corrected chi connectivity index (χ1v) is 3.81. The van der Waals surface area contributed by atoms with E-state index in [-0.39, 0.29) is 0 Å². The van der Waals surface area contributed by atoms with Gasteiger partial charge in [0.1, 0.15) is 0 Å². The fourth-order valence-corrected chi connectivity index (χ4v) is 0.743. The van der Waals surface area contributed by atoms with Crippen LogP contribution in [-0.4, -0.2) is 4.57 Å². The normalized spacial score (nSPS) is 8.50. The predicted octanol–water partition coefficient (Wildman–Crippen LogP) is 2.67. The molecule has 0 aromatic carbocycles. The Morgan fingerprint density at radius 3 is 1.40 bits per heavy atom. The van der Waals surface area contributed by atoms with Crippen LogP contribution in [0.1, 0.15) is 25.2 Å². The van der Waals surface area contributed by atoms with Crippen molar-refractivity contribution in [2.45, 2.75) is 27.7 Å². The molecule has 0 aliphatic rings. The molecule has 0 N–H and O–H groups in total. The van der Waals surface area contributed by atoms with Gasteiger partial charge in [-0.25, -0.2) is 0 Å². The van der Waals surface area contributed by atoms with Crippen LogP contribution in [0.5, 0.6) is 0 Å². The summed E-state index contributed by atoms with van der Waals surface area (Å²) in [6, 6.07) is 4.24. The zero-order valence-corrected chi connectivity index (χ0v) is 7.60. The molecule has 1 aromatic rings. The van der Waals surface area contributed by atoms with Crippen LogP contribution in [0.4, 0.5) is 0 Å². The van der Waals surface area contributed by atoms with Crippen LogP contribution in [0.2, 0.25) is 0 Å².